The van der Waals surface area contributed by atoms with Gasteiger partial charge in [-0.2, -0.15) is 5.10 Å². The van der Waals surface area contributed by atoms with E-state index in [1.54, 1.807) is 14.0 Å². The monoisotopic (exact) mass is 296 g/mol. The molecule has 1 heterocycles. The summed E-state index contributed by atoms with van der Waals surface area (Å²) in [6.07, 6.45) is 5.64. The first-order valence-electron chi connectivity index (χ1n) is 7.28. The number of benzene rings is 1. The number of hydrogen-bond donors (Lipinski definition) is 0. The van der Waals surface area contributed by atoms with E-state index in [0.717, 1.165) is 16.8 Å². The highest BCUT2D eigenvalue weighted by Crippen LogP contribution is 2.32. The van der Waals surface area contributed by atoms with Crippen LogP contribution in [0.25, 0.3) is 11.1 Å². The summed E-state index contributed by atoms with van der Waals surface area (Å²) in [5, 5.41) is 4.30. The molecule has 4 nitrogen and oxygen atoms in total. The molecule has 0 radical (unpaired) electrons. The number of ether oxygens (including phenoxy) is 1. The van der Waals surface area contributed by atoms with Crippen molar-refractivity contribution in [2.24, 2.45) is 7.05 Å². The van der Waals surface area contributed by atoms with Gasteiger partial charge < -0.3 is 4.74 Å². The van der Waals surface area contributed by atoms with Gasteiger partial charge in [0.05, 0.1) is 5.56 Å². The minimum atomic E-state index is -0.429. The molecule has 1 unspecified atom stereocenters. The van der Waals surface area contributed by atoms with Gasteiger partial charge in [-0.3, -0.25) is 4.79 Å². The quantitative estimate of drug-likeness (QED) is 0.815. The van der Waals surface area contributed by atoms with E-state index in [0.29, 0.717) is 17.7 Å². The Balaban J connectivity index is 2.80. The lowest BCUT2D eigenvalue weighted by atomic mass is 10.00. The number of rotatable bonds is 4. The first-order valence-corrected chi connectivity index (χ1v) is 7.28. The summed E-state index contributed by atoms with van der Waals surface area (Å²) in [5.41, 5.74) is 2.91. The Morgan fingerprint density at radius 1 is 1.41 bits per heavy atom. The van der Waals surface area contributed by atoms with E-state index < -0.39 is 6.10 Å². The predicted molar refractivity (Wildman–Crippen MR) is 88.0 cm³/mol. The second-order valence-corrected chi connectivity index (χ2v) is 5.17. The van der Waals surface area contributed by atoms with Crippen molar-refractivity contribution in [3.05, 3.63) is 45.9 Å². The highest BCUT2D eigenvalue weighted by molar-refractivity contribution is 5.73. The fraction of sp³-hybridized carbons (Fsp3) is 0.333. The van der Waals surface area contributed by atoms with Crippen LogP contribution in [0.4, 0.5) is 0 Å². The lowest BCUT2D eigenvalue weighted by molar-refractivity contribution is 0.274. The molecular weight excluding hydrogens is 276 g/mol. The van der Waals surface area contributed by atoms with Crippen LogP contribution in [-0.4, -0.2) is 15.9 Å². The van der Waals surface area contributed by atoms with Crippen molar-refractivity contribution in [1.29, 1.82) is 0 Å². The molecular formula is C18H20N2O2. The molecule has 4 heteroatoms. The van der Waals surface area contributed by atoms with Crippen LogP contribution < -0.4 is 10.3 Å². The molecule has 0 bridgehead atoms. The third-order valence-corrected chi connectivity index (χ3v) is 3.55. The number of aromatic nitrogens is 2. The minimum Gasteiger partial charge on any atom is -0.475 e. The fourth-order valence-corrected chi connectivity index (χ4v) is 2.34. The summed E-state index contributed by atoms with van der Waals surface area (Å²) in [7, 11) is 1.65. The van der Waals surface area contributed by atoms with E-state index in [1.165, 1.54) is 4.68 Å². The largest absolute Gasteiger partial charge is 0.475 e. The second kappa shape index (κ2) is 6.48. The zero-order valence-corrected chi connectivity index (χ0v) is 13.4. The average molecular weight is 296 g/mol. The Morgan fingerprint density at radius 3 is 2.68 bits per heavy atom. The standard InChI is InChI=1S/C18H20N2O2/c1-6-13(4)22-17-15(7-2)19-20(5)18(21)16(17)14-11-9-8-10-12(14)3/h1,8-11,13H,7H2,2-5H3. The normalized spacial score (nSPS) is 11.8. The van der Waals surface area contributed by atoms with Gasteiger partial charge in [0.1, 0.15) is 5.69 Å². The minimum absolute atomic E-state index is 0.189. The van der Waals surface area contributed by atoms with Crippen LogP contribution in [0.1, 0.15) is 25.1 Å². The molecule has 2 aromatic rings. The lowest BCUT2D eigenvalue weighted by Gasteiger charge is -2.18. The van der Waals surface area contributed by atoms with Crippen molar-refractivity contribution in [3.63, 3.8) is 0 Å². The maximum atomic E-state index is 12.6. The number of nitrogens with zero attached hydrogens (tertiary/aromatic N) is 2. The summed E-state index contributed by atoms with van der Waals surface area (Å²) in [6.45, 7) is 5.72. The molecule has 22 heavy (non-hydrogen) atoms. The molecule has 0 saturated carbocycles. The molecule has 0 saturated heterocycles. The number of terminal acetylenes is 1. The first-order chi connectivity index (χ1) is 10.5. The lowest BCUT2D eigenvalue weighted by Crippen LogP contribution is -2.26. The van der Waals surface area contributed by atoms with Crippen LogP contribution in [0.15, 0.2) is 29.1 Å². The summed E-state index contributed by atoms with van der Waals surface area (Å²) >= 11 is 0. The van der Waals surface area contributed by atoms with E-state index in [1.807, 2.05) is 38.1 Å². The first kappa shape index (κ1) is 15.8. The predicted octanol–water partition coefficient (Wildman–Crippen LogP) is 2.72. The van der Waals surface area contributed by atoms with Crippen LogP contribution in [0.3, 0.4) is 0 Å². The zero-order chi connectivity index (χ0) is 16.3. The molecule has 1 aromatic carbocycles. The maximum Gasteiger partial charge on any atom is 0.278 e. The van der Waals surface area contributed by atoms with Gasteiger partial charge in [0, 0.05) is 7.05 Å². The van der Waals surface area contributed by atoms with E-state index in [9.17, 15) is 4.79 Å². The Bertz CT molecular complexity index is 785. The Labute approximate surface area is 130 Å². The molecule has 0 N–H and O–H groups in total. The molecule has 1 aromatic heterocycles. The van der Waals surface area contributed by atoms with Gasteiger partial charge >= 0.3 is 0 Å². The molecule has 0 fully saturated rings. The molecule has 1 atom stereocenters. The van der Waals surface area contributed by atoms with Crippen molar-refractivity contribution in [1.82, 2.24) is 9.78 Å². The van der Waals surface area contributed by atoms with Crippen LogP contribution >= 0.6 is 0 Å². The molecule has 0 aliphatic heterocycles. The van der Waals surface area contributed by atoms with Gasteiger partial charge in [-0.1, -0.05) is 37.1 Å². The van der Waals surface area contributed by atoms with Gasteiger partial charge in [0.15, 0.2) is 11.9 Å². The van der Waals surface area contributed by atoms with Crippen molar-refractivity contribution in [2.45, 2.75) is 33.3 Å². The third-order valence-electron chi connectivity index (χ3n) is 3.55. The smallest absolute Gasteiger partial charge is 0.278 e. The SMILES string of the molecule is C#CC(C)Oc1c(CC)nn(C)c(=O)c1-c1ccccc1C. The van der Waals surface area contributed by atoms with Crippen LogP contribution in [0.5, 0.6) is 5.75 Å². The third kappa shape index (κ3) is 2.89. The number of hydrogen-bond acceptors (Lipinski definition) is 3. The van der Waals surface area contributed by atoms with E-state index in [2.05, 4.69) is 11.0 Å². The van der Waals surface area contributed by atoms with E-state index in [-0.39, 0.29) is 5.56 Å². The highest BCUT2D eigenvalue weighted by Gasteiger charge is 2.20. The Morgan fingerprint density at radius 2 is 2.09 bits per heavy atom. The van der Waals surface area contributed by atoms with Gasteiger partial charge in [-0.05, 0) is 31.4 Å². The van der Waals surface area contributed by atoms with Crippen LogP contribution in [-0.2, 0) is 13.5 Å². The van der Waals surface area contributed by atoms with Crippen molar-refractivity contribution >= 4 is 0 Å². The Hall–Kier alpha value is -2.54. The van der Waals surface area contributed by atoms with E-state index in [4.69, 9.17) is 11.2 Å². The maximum absolute atomic E-state index is 12.6. The molecule has 0 amide bonds. The Kier molecular flexibility index (Phi) is 4.67. The fourth-order valence-electron chi connectivity index (χ4n) is 2.34. The molecule has 0 aliphatic rings. The van der Waals surface area contributed by atoms with E-state index >= 15 is 0 Å². The van der Waals surface area contributed by atoms with Crippen LogP contribution in [0.2, 0.25) is 0 Å². The molecule has 0 aliphatic carbocycles. The second-order valence-electron chi connectivity index (χ2n) is 5.17. The molecule has 2 rings (SSSR count). The summed E-state index contributed by atoms with van der Waals surface area (Å²) in [4.78, 5) is 12.6. The van der Waals surface area contributed by atoms with Gasteiger partial charge in [0.2, 0.25) is 0 Å². The topological polar surface area (TPSA) is 44.1 Å². The van der Waals surface area contributed by atoms with Crippen molar-refractivity contribution in [2.75, 3.05) is 0 Å². The molecule has 0 spiro atoms. The van der Waals surface area contributed by atoms with Crippen molar-refractivity contribution < 1.29 is 4.74 Å². The van der Waals surface area contributed by atoms with Gasteiger partial charge in [-0.25, -0.2) is 4.68 Å². The van der Waals surface area contributed by atoms with Gasteiger partial charge in [-0.15, -0.1) is 6.42 Å². The average Bonchev–Trinajstić information content (AvgIpc) is 2.52. The summed E-state index contributed by atoms with van der Waals surface area (Å²) in [6, 6.07) is 7.73. The van der Waals surface area contributed by atoms with Gasteiger partial charge in [0.25, 0.3) is 5.56 Å². The number of aryl methyl sites for hydroxylation is 3. The highest BCUT2D eigenvalue weighted by atomic mass is 16.5. The zero-order valence-electron chi connectivity index (χ0n) is 13.4. The summed E-state index contributed by atoms with van der Waals surface area (Å²) < 4.78 is 7.21. The summed E-state index contributed by atoms with van der Waals surface area (Å²) in [5.74, 6) is 3.02. The van der Waals surface area contributed by atoms with Crippen molar-refractivity contribution in [3.8, 4) is 29.2 Å². The molecule has 114 valence electrons. The van der Waals surface area contributed by atoms with Crippen LogP contribution in [0, 0.1) is 19.3 Å².